The van der Waals surface area contributed by atoms with Gasteiger partial charge in [0.05, 0.1) is 5.56 Å². The summed E-state index contributed by atoms with van der Waals surface area (Å²) in [4.78, 5) is 17.5. The lowest BCUT2D eigenvalue weighted by atomic mass is 10.1. The number of hydrogen-bond donors (Lipinski definition) is 2. The number of nitrogens with zero attached hydrogens (tertiary/aromatic N) is 2. The summed E-state index contributed by atoms with van der Waals surface area (Å²) in [5, 5.41) is 0. The molecule has 0 fully saturated rings. The van der Waals surface area contributed by atoms with Gasteiger partial charge in [0.1, 0.15) is 0 Å². The van der Waals surface area contributed by atoms with Gasteiger partial charge in [0.2, 0.25) is 0 Å². The number of carbonyl (C=O) groups is 1. The van der Waals surface area contributed by atoms with Crippen molar-refractivity contribution in [2.45, 2.75) is 13.3 Å². The van der Waals surface area contributed by atoms with Crippen molar-refractivity contribution in [1.82, 2.24) is 4.98 Å². The van der Waals surface area contributed by atoms with Crippen molar-refractivity contribution in [1.29, 1.82) is 0 Å². The maximum Gasteiger partial charge on any atom is 0.261 e. The number of amides is 1. The molecule has 6 heteroatoms. The maximum atomic E-state index is 14.1. The third-order valence-electron chi connectivity index (χ3n) is 3.29. The summed E-state index contributed by atoms with van der Waals surface area (Å²) in [7, 11) is 1.60. The first-order valence-corrected chi connectivity index (χ1v) is 6.56. The van der Waals surface area contributed by atoms with Gasteiger partial charge in [0, 0.05) is 18.9 Å². The summed E-state index contributed by atoms with van der Waals surface area (Å²) in [5.74, 6) is 3.78. The highest BCUT2D eigenvalue weighted by Crippen LogP contribution is 2.20. The van der Waals surface area contributed by atoms with E-state index in [0.717, 1.165) is 6.42 Å². The molecule has 110 valence electrons. The van der Waals surface area contributed by atoms with Crippen LogP contribution >= 0.6 is 0 Å². The number of benzene rings is 1. The Bertz CT molecular complexity index is 643. The van der Waals surface area contributed by atoms with Gasteiger partial charge in [0.25, 0.3) is 5.91 Å². The second-order valence-corrected chi connectivity index (χ2v) is 4.55. The lowest BCUT2D eigenvalue weighted by Gasteiger charge is -2.18. The van der Waals surface area contributed by atoms with Crippen molar-refractivity contribution in [3.63, 3.8) is 0 Å². The van der Waals surface area contributed by atoms with E-state index in [2.05, 4.69) is 17.3 Å². The van der Waals surface area contributed by atoms with Gasteiger partial charge >= 0.3 is 0 Å². The summed E-state index contributed by atoms with van der Waals surface area (Å²) >= 11 is 0. The number of nitrogens with one attached hydrogen (secondary N) is 1. The van der Waals surface area contributed by atoms with Crippen molar-refractivity contribution in [2.24, 2.45) is 5.84 Å². The largest absolute Gasteiger partial charge is 0.311 e. The highest BCUT2D eigenvalue weighted by molar-refractivity contribution is 6.06. The van der Waals surface area contributed by atoms with Crippen molar-refractivity contribution in [3.05, 3.63) is 53.5 Å². The maximum absolute atomic E-state index is 14.1. The molecule has 1 heterocycles. The number of hydrogen-bond acceptors (Lipinski definition) is 4. The number of nitrogen functional groups attached to an aromatic ring is 1. The van der Waals surface area contributed by atoms with E-state index < -0.39 is 11.7 Å². The van der Waals surface area contributed by atoms with Gasteiger partial charge in [-0.3, -0.25) is 4.79 Å². The monoisotopic (exact) mass is 288 g/mol. The lowest BCUT2D eigenvalue weighted by molar-refractivity contribution is 0.0989. The molecule has 0 aliphatic heterocycles. The van der Waals surface area contributed by atoms with E-state index in [1.165, 1.54) is 22.7 Å². The van der Waals surface area contributed by atoms with Crippen molar-refractivity contribution in [2.75, 3.05) is 17.4 Å². The number of nitrogens with two attached hydrogens (primary N) is 1. The highest BCUT2D eigenvalue weighted by Gasteiger charge is 2.20. The molecule has 3 N–H and O–H groups in total. The van der Waals surface area contributed by atoms with Crippen LogP contribution in [0.5, 0.6) is 0 Å². The summed E-state index contributed by atoms with van der Waals surface area (Å²) in [5.41, 5.74) is 3.91. The summed E-state index contributed by atoms with van der Waals surface area (Å²) in [6, 6.07) is 8.87. The predicted molar refractivity (Wildman–Crippen MR) is 80.6 cm³/mol. The minimum absolute atomic E-state index is 0.0833. The molecule has 0 atom stereocenters. The second kappa shape index (κ2) is 6.32. The summed E-state index contributed by atoms with van der Waals surface area (Å²) < 4.78 is 14.1. The van der Waals surface area contributed by atoms with Crippen LogP contribution in [-0.4, -0.2) is 17.9 Å². The minimum Gasteiger partial charge on any atom is -0.311 e. The fourth-order valence-electron chi connectivity index (χ4n) is 1.96. The molecule has 0 radical (unpaired) electrons. The van der Waals surface area contributed by atoms with Crippen LogP contribution in [0.3, 0.4) is 0 Å². The molecule has 1 aromatic heterocycles. The molecule has 5 nitrogen and oxygen atoms in total. The molecular formula is C15H17FN4O. The fraction of sp³-hybridized carbons (Fsp3) is 0.200. The van der Waals surface area contributed by atoms with Crippen molar-refractivity contribution in [3.8, 4) is 0 Å². The topological polar surface area (TPSA) is 71.2 Å². The third kappa shape index (κ3) is 3.00. The molecular weight excluding hydrogens is 271 g/mol. The Morgan fingerprint density at radius 3 is 2.57 bits per heavy atom. The van der Waals surface area contributed by atoms with E-state index in [0.29, 0.717) is 5.69 Å². The normalized spacial score (nSPS) is 10.3. The van der Waals surface area contributed by atoms with Gasteiger partial charge in [-0.1, -0.05) is 19.1 Å². The quantitative estimate of drug-likeness (QED) is 0.669. The number of pyridine rings is 1. The van der Waals surface area contributed by atoms with E-state index in [4.69, 9.17) is 5.84 Å². The number of rotatable bonds is 4. The Kier molecular flexibility index (Phi) is 4.49. The highest BCUT2D eigenvalue weighted by atomic mass is 19.1. The first-order valence-electron chi connectivity index (χ1n) is 6.56. The molecule has 21 heavy (non-hydrogen) atoms. The van der Waals surface area contributed by atoms with Crippen LogP contribution in [0.1, 0.15) is 22.8 Å². The lowest BCUT2D eigenvalue weighted by Crippen LogP contribution is -2.27. The van der Waals surface area contributed by atoms with Gasteiger partial charge < -0.3 is 10.3 Å². The van der Waals surface area contributed by atoms with Crippen LogP contribution in [0, 0.1) is 5.82 Å². The zero-order valence-electron chi connectivity index (χ0n) is 11.9. The molecule has 1 amide bonds. The number of halogens is 1. The zero-order valence-corrected chi connectivity index (χ0v) is 11.9. The third-order valence-corrected chi connectivity index (χ3v) is 3.29. The molecule has 0 bridgehead atoms. The van der Waals surface area contributed by atoms with E-state index in [1.807, 2.05) is 24.3 Å². The van der Waals surface area contributed by atoms with Crippen LogP contribution in [0.25, 0.3) is 0 Å². The first-order chi connectivity index (χ1) is 10.1. The number of hydrazine groups is 1. The summed E-state index contributed by atoms with van der Waals surface area (Å²) in [6.07, 6.45) is 2.25. The molecule has 2 aromatic rings. The molecule has 1 aromatic carbocycles. The van der Waals surface area contributed by atoms with E-state index in [-0.39, 0.29) is 11.4 Å². The smallest absolute Gasteiger partial charge is 0.261 e. The minimum atomic E-state index is -0.762. The number of aryl methyl sites for hydroxylation is 1. The van der Waals surface area contributed by atoms with Crippen LogP contribution in [0.2, 0.25) is 0 Å². The van der Waals surface area contributed by atoms with Gasteiger partial charge in [-0.25, -0.2) is 15.2 Å². The summed E-state index contributed by atoms with van der Waals surface area (Å²) in [6.45, 7) is 2.05. The first kappa shape index (κ1) is 14.9. The standard InChI is InChI=1S/C15H17FN4O/c1-3-10-4-6-11(7-5-10)20(2)15(21)12-8-9-18-14(19-17)13(12)16/h4-9H,3,17H2,1-2H3,(H,18,19). The van der Waals surface area contributed by atoms with Gasteiger partial charge in [-0.15, -0.1) is 0 Å². The molecule has 0 aliphatic carbocycles. The average molecular weight is 288 g/mol. The Morgan fingerprint density at radius 1 is 1.33 bits per heavy atom. The molecule has 0 unspecified atom stereocenters. The molecule has 0 aliphatic rings. The number of anilines is 2. The van der Waals surface area contributed by atoms with Crippen molar-refractivity contribution < 1.29 is 9.18 Å². The van der Waals surface area contributed by atoms with Crippen LogP contribution < -0.4 is 16.2 Å². The van der Waals surface area contributed by atoms with Gasteiger partial charge in [-0.2, -0.15) is 0 Å². The average Bonchev–Trinajstić information content (AvgIpc) is 2.54. The van der Waals surface area contributed by atoms with E-state index >= 15 is 0 Å². The van der Waals surface area contributed by atoms with Crippen LogP contribution in [0.4, 0.5) is 15.9 Å². The van der Waals surface area contributed by atoms with E-state index in [9.17, 15) is 9.18 Å². The second-order valence-electron chi connectivity index (χ2n) is 4.55. The molecule has 0 saturated heterocycles. The van der Waals surface area contributed by atoms with Crippen LogP contribution in [-0.2, 0) is 6.42 Å². The van der Waals surface area contributed by atoms with E-state index in [1.54, 1.807) is 7.05 Å². The van der Waals surface area contributed by atoms with Crippen LogP contribution in [0.15, 0.2) is 36.5 Å². The Morgan fingerprint density at radius 2 is 2.00 bits per heavy atom. The molecule has 0 spiro atoms. The molecule has 0 saturated carbocycles. The van der Waals surface area contributed by atoms with Gasteiger partial charge in [-0.05, 0) is 30.2 Å². The SMILES string of the molecule is CCc1ccc(N(C)C(=O)c2ccnc(NN)c2F)cc1. The Hall–Kier alpha value is -2.47. The predicted octanol–water partition coefficient (Wildman–Crippen LogP) is 2.35. The molecule has 2 rings (SSSR count). The number of aromatic nitrogens is 1. The Balaban J connectivity index is 2.30. The number of carbonyl (C=O) groups excluding carboxylic acids is 1. The zero-order chi connectivity index (χ0) is 15.4. The van der Waals surface area contributed by atoms with Gasteiger partial charge in [0.15, 0.2) is 11.6 Å². The van der Waals surface area contributed by atoms with Crippen molar-refractivity contribution >= 4 is 17.4 Å². The fourth-order valence-corrected chi connectivity index (χ4v) is 1.96. The Labute approximate surface area is 122 Å².